The quantitative estimate of drug-likeness (QED) is 0.263. The fraction of sp³-hybridized carbons (Fsp3) is 0.333. The highest BCUT2D eigenvalue weighted by Crippen LogP contribution is 2.30. The van der Waals surface area contributed by atoms with E-state index in [9.17, 15) is 18.0 Å². The zero-order valence-electron chi connectivity index (χ0n) is 23.3. The van der Waals surface area contributed by atoms with Gasteiger partial charge in [0.25, 0.3) is 0 Å². The molecule has 0 radical (unpaired) electrons. The number of rotatable bonds is 14. The normalized spacial score (nSPS) is 11.9. The van der Waals surface area contributed by atoms with E-state index in [4.69, 9.17) is 27.9 Å². The molecule has 0 bridgehead atoms. The molecule has 0 aliphatic heterocycles. The zero-order valence-corrected chi connectivity index (χ0v) is 25.7. The number of carbonyl (C=O) groups is 2. The number of likely N-dealkylation sites (N-methyl/N-ethyl adjacent to an activating group) is 1. The number of sulfonamides is 1. The van der Waals surface area contributed by atoms with Crippen LogP contribution in [0, 0.1) is 0 Å². The molecule has 220 valence electrons. The molecular formula is C30H35Cl2N3O5S. The maximum atomic E-state index is 13.8. The Kier molecular flexibility index (Phi) is 11.9. The maximum absolute atomic E-state index is 13.8. The highest BCUT2D eigenvalue weighted by atomic mass is 35.5. The van der Waals surface area contributed by atoms with Crippen LogP contribution in [0.25, 0.3) is 0 Å². The van der Waals surface area contributed by atoms with E-state index < -0.39 is 16.1 Å². The molecule has 41 heavy (non-hydrogen) atoms. The highest BCUT2D eigenvalue weighted by molar-refractivity contribution is 7.92. The van der Waals surface area contributed by atoms with Crippen molar-refractivity contribution in [2.45, 2.75) is 38.8 Å². The molecule has 3 rings (SSSR count). The zero-order chi connectivity index (χ0) is 30.0. The molecule has 11 heteroatoms. The number of para-hydroxylation sites is 2. The molecule has 0 spiro atoms. The lowest BCUT2D eigenvalue weighted by Crippen LogP contribution is -2.49. The van der Waals surface area contributed by atoms with Crippen molar-refractivity contribution in [1.29, 1.82) is 0 Å². The fourth-order valence-corrected chi connectivity index (χ4v) is 5.77. The summed E-state index contributed by atoms with van der Waals surface area (Å²) in [5.74, 6) is -0.173. The van der Waals surface area contributed by atoms with Gasteiger partial charge in [0, 0.05) is 33.0 Å². The van der Waals surface area contributed by atoms with E-state index in [1.165, 1.54) is 16.3 Å². The van der Waals surface area contributed by atoms with Gasteiger partial charge in [-0.1, -0.05) is 71.7 Å². The number of ether oxygens (including phenoxy) is 1. The predicted molar refractivity (Wildman–Crippen MR) is 164 cm³/mol. The maximum Gasteiger partial charge on any atom is 0.242 e. The van der Waals surface area contributed by atoms with E-state index in [1.807, 2.05) is 37.3 Å². The number of halogens is 2. The van der Waals surface area contributed by atoms with Crippen molar-refractivity contribution in [3.05, 3.63) is 94.0 Å². The number of hydrogen-bond acceptors (Lipinski definition) is 5. The van der Waals surface area contributed by atoms with Crippen LogP contribution in [-0.2, 0) is 32.6 Å². The Morgan fingerprint density at radius 3 is 2.27 bits per heavy atom. The number of nitrogens with one attached hydrogen (secondary N) is 1. The Hall–Kier alpha value is -3.27. The van der Waals surface area contributed by atoms with E-state index in [0.29, 0.717) is 40.1 Å². The van der Waals surface area contributed by atoms with Crippen molar-refractivity contribution < 1.29 is 22.7 Å². The Bertz CT molecular complexity index is 1440. The number of amides is 2. The Morgan fingerprint density at radius 2 is 1.63 bits per heavy atom. The van der Waals surface area contributed by atoms with Gasteiger partial charge in [-0.25, -0.2) is 8.42 Å². The van der Waals surface area contributed by atoms with Gasteiger partial charge in [-0.15, -0.1) is 0 Å². The molecule has 3 aromatic carbocycles. The van der Waals surface area contributed by atoms with Crippen LogP contribution in [0.5, 0.6) is 5.75 Å². The Labute approximate surface area is 252 Å². The van der Waals surface area contributed by atoms with Crippen molar-refractivity contribution in [2.75, 3.05) is 30.8 Å². The van der Waals surface area contributed by atoms with Crippen molar-refractivity contribution in [3.8, 4) is 5.75 Å². The summed E-state index contributed by atoms with van der Waals surface area (Å²) in [5, 5.41) is 3.40. The smallest absolute Gasteiger partial charge is 0.242 e. The van der Waals surface area contributed by atoms with Crippen LogP contribution in [0.3, 0.4) is 0 Å². The van der Waals surface area contributed by atoms with E-state index >= 15 is 0 Å². The summed E-state index contributed by atoms with van der Waals surface area (Å²) >= 11 is 12.3. The summed E-state index contributed by atoms with van der Waals surface area (Å²) in [7, 11) is -2.14. The van der Waals surface area contributed by atoms with Crippen molar-refractivity contribution in [2.24, 2.45) is 0 Å². The molecule has 0 saturated carbocycles. The monoisotopic (exact) mass is 619 g/mol. The minimum absolute atomic E-state index is 0.00638. The van der Waals surface area contributed by atoms with Gasteiger partial charge in [0.2, 0.25) is 21.8 Å². The van der Waals surface area contributed by atoms with Gasteiger partial charge in [-0.2, -0.15) is 0 Å². The van der Waals surface area contributed by atoms with Crippen LogP contribution in [0.15, 0.2) is 72.8 Å². The Morgan fingerprint density at radius 1 is 0.951 bits per heavy atom. The third kappa shape index (κ3) is 9.11. The lowest BCUT2D eigenvalue weighted by Gasteiger charge is -2.32. The third-order valence-electron chi connectivity index (χ3n) is 6.44. The Balaban J connectivity index is 1.88. The van der Waals surface area contributed by atoms with Crippen molar-refractivity contribution in [1.82, 2.24) is 10.2 Å². The average molecular weight is 621 g/mol. The van der Waals surface area contributed by atoms with Gasteiger partial charge >= 0.3 is 0 Å². The molecule has 0 unspecified atom stereocenters. The van der Waals surface area contributed by atoms with Gasteiger partial charge in [0.1, 0.15) is 11.8 Å². The largest absolute Gasteiger partial charge is 0.492 e. The van der Waals surface area contributed by atoms with Gasteiger partial charge in [0.05, 0.1) is 28.6 Å². The molecule has 0 aliphatic carbocycles. The second kappa shape index (κ2) is 15.1. The van der Waals surface area contributed by atoms with E-state index in [-0.39, 0.29) is 37.7 Å². The standard InChI is InChI=1S/C30H35Cl2N3O5S/c1-4-40-28-14-9-8-13-26(28)35(41(3,38)39)18-10-15-29(36)34(21-23-16-17-24(31)25(32)19-23)27(30(37)33-2)20-22-11-6-5-7-12-22/h5-9,11-14,16-17,19,27H,4,10,15,18,20-21H2,1-3H3,(H,33,37)/t27-/m0/s1. The van der Waals surface area contributed by atoms with Crippen LogP contribution >= 0.6 is 23.2 Å². The molecule has 0 saturated heterocycles. The fourth-order valence-electron chi connectivity index (χ4n) is 4.48. The lowest BCUT2D eigenvalue weighted by molar-refractivity contribution is -0.141. The molecule has 3 aromatic rings. The van der Waals surface area contributed by atoms with E-state index in [1.54, 1.807) is 42.5 Å². The molecule has 1 N–H and O–H groups in total. The minimum atomic E-state index is -3.67. The first-order valence-corrected chi connectivity index (χ1v) is 15.8. The molecule has 0 heterocycles. The molecule has 2 amide bonds. The molecule has 0 fully saturated rings. The number of benzene rings is 3. The van der Waals surface area contributed by atoms with Gasteiger partial charge in [-0.3, -0.25) is 13.9 Å². The number of hydrogen-bond donors (Lipinski definition) is 1. The van der Waals surface area contributed by atoms with Crippen molar-refractivity contribution in [3.63, 3.8) is 0 Å². The van der Waals surface area contributed by atoms with Gasteiger partial charge in [-0.05, 0) is 48.7 Å². The van der Waals surface area contributed by atoms with Crippen LogP contribution in [0.2, 0.25) is 10.0 Å². The summed E-state index contributed by atoms with van der Waals surface area (Å²) < 4.78 is 32.4. The van der Waals surface area contributed by atoms with Crippen LogP contribution < -0.4 is 14.4 Å². The highest BCUT2D eigenvalue weighted by Gasteiger charge is 2.30. The number of nitrogens with zero attached hydrogens (tertiary/aromatic N) is 2. The minimum Gasteiger partial charge on any atom is -0.492 e. The van der Waals surface area contributed by atoms with Crippen LogP contribution in [0.1, 0.15) is 30.9 Å². The number of anilines is 1. The molecular weight excluding hydrogens is 585 g/mol. The third-order valence-corrected chi connectivity index (χ3v) is 8.36. The van der Waals surface area contributed by atoms with E-state index in [2.05, 4.69) is 5.32 Å². The summed E-state index contributed by atoms with van der Waals surface area (Å²) in [4.78, 5) is 28.4. The van der Waals surface area contributed by atoms with Gasteiger partial charge in [0.15, 0.2) is 0 Å². The molecule has 0 aliphatic rings. The van der Waals surface area contributed by atoms with Gasteiger partial charge < -0.3 is 15.0 Å². The SMILES string of the molecule is CCOc1ccccc1N(CCCC(=O)N(Cc1ccc(Cl)c(Cl)c1)[C@@H](Cc1ccccc1)C(=O)NC)S(C)(=O)=O. The number of carbonyl (C=O) groups excluding carboxylic acids is 2. The molecule has 8 nitrogen and oxygen atoms in total. The molecule has 1 atom stereocenters. The first kappa shape index (κ1) is 32.2. The first-order valence-electron chi connectivity index (χ1n) is 13.2. The van der Waals surface area contributed by atoms with Crippen molar-refractivity contribution >= 4 is 50.7 Å². The van der Waals surface area contributed by atoms with E-state index in [0.717, 1.165) is 11.8 Å². The van der Waals surface area contributed by atoms with Crippen LogP contribution in [0.4, 0.5) is 5.69 Å². The van der Waals surface area contributed by atoms with Crippen LogP contribution in [-0.4, -0.2) is 57.6 Å². The first-order chi connectivity index (χ1) is 19.5. The molecule has 0 aromatic heterocycles. The topological polar surface area (TPSA) is 96.0 Å². The summed E-state index contributed by atoms with van der Waals surface area (Å²) in [6, 6.07) is 20.6. The predicted octanol–water partition coefficient (Wildman–Crippen LogP) is 5.32. The summed E-state index contributed by atoms with van der Waals surface area (Å²) in [6.07, 6.45) is 1.64. The second-order valence-electron chi connectivity index (χ2n) is 9.43. The summed E-state index contributed by atoms with van der Waals surface area (Å²) in [5.41, 5.74) is 2.01. The lowest BCUT2D eigenvalue weighted by atomic mass is 10.0. The second-order valence-corrected chi connectivity index (χ2v) is 12.2. The summed E-state index contributed by atoms with van der Waals surface area (Å²) in [6.45, 7) is 2.36. The average Bonchev–Trinajstić information content (AvgIpc) is 2.95.